The zero-order chi connectivity index (χ0) is 26.3. The molecule has 36 heavy (non-hydrogen) atoms. The predicted molar refractivity (Wildman–Crippen MR) is 138 cm³/mol. The van der Waals surface area contributed by atoms with Crippen LogP contribution in [0.3, 0.4) is 0 Å². The zero-order valence-corrected chi connectivity index (χ0v) is 22.0. The van der Waals surface area contributed by atoms with Crippen LogP contribution in [-0.2, 0) is 41.1 Å². The smallest absolute Gasteiger partial charge is 0.326 e. The number of para-hydroxylation sites is 1. The van der Waals surface area contributed by atoms with Crippen LogP contribution in [0.25, 0.3) is 0 Å². The Bertz CT molecular complexity index is 1100. The Hall–Kier alpha value is -3.04. The Morgan fingerprint density at radius 2 is 1.78 bits per heavy atom. The third-order valence-electron chi connectivity index (χ3n) is 5.53. The molecule has 1 amide bonds. The SMILES string of the molecule is CCOC(=O)[C@@H](CCc1ccccc1)NC1CS(=O)c2ccccc2N(CC(=O)OC(C)(C)C)C1=O. The first kappa shape index (κ1) is 27.5. The molecule has 0 spiro atoms. The van der Waals surface area contributed by atoms with Crippen LogP contribution in [-0.4, -0.2) is 58.6 Å². The van der Waals surface area contributed by atoms with Crippen molar-refractivity contribution in [3.05, 3.63) is 60.2 Å². The number of hydrogen-bond donors (Lipinski definition) is 1. The van der Waals surface area contributed by atoms with Gasteiger partial charge in [-0.15, -0.1) is 0 Å². The van der Waals surface area contributed by atoms with Gasteiger partial charge in [0.05, 0.1) is 39.8 Å². The van der Waals surface area contributed by atoms with Gasteiger partial charge in [-0.05, 0) is 58.2 Å². The summed E-state index contributed by atoms with van der Waals surface area (Å²) in [5, 5.41) is 3.11. The Labute approximate surface area is 214 Å². The Balaban J connectivity index is 1.87. The highest BCUT2D eigenvalue weighted by Gasteiger charge is 2.37. The van der Waals surface area contributed by atoms with Crippen LogP contribution in [0.1, 0.15) is 39.7 Å². The van der Waals surface area contributed by atoms with Gasteiger partial charge in [0.25, 0.3) is 0 Å². The molecule has 3 atom stereocenters. The summed E-state index contributed by atoms with van der Waals surface area (Å²) in [4.78, 5) is 40.9. The highest BCUT2D eigenvalue weighted by molar-refractivity contribution is 7.85. The van der Waals surface area contributed by atoms with Crippen LogP contribution in [0.2, 0.25) is 0 Å². The molecular formula is C27H34N2O6S. The molecule has 1 heterocycles. The monoisotopic (exact) mass is 514 g/mol. The highest BCUT2D eigenvalue weighted by Crippen LogP contribution is 2.29. The van der Waals surface area contributed by atoms with E-state index in [-0.39, 0.29) is 18.9 Å². The maximum atomic E-state index is 13.7. The minimum atomic E-state index is -1.54. The van der Waals surface area contributed by atoms with Crippen LogP contribution < -0.4 is 10.2 Å². The molecule has 2 unspecified atom stereocenters. The Kier molecular flexibility index (Phi) is 9.39. The minimum Gasteiger partial charge on any atom is -0.465 e. The lowest BCUT2D eigenvalue weighted by atomic mass is 10.0. The fraction of sp³-hybridized carbons (Fsp3) is 0.444. The molecule has 0 aromatic heterocycles. The van der Waals surface area contributed by atoms with Crippen molar-refractivity contribution in [1.29, 1.82) is 0 Å². The minimum absolute atomic E-state index is 0.0398. The normalized spacial score (nSPS) is 18.7. The van der Waals surface area contributed by atoms with Crippen LogP contribution in [0, 0.1) is 0 Å². The molecule has 0 saturated carbocycles. The van der Waals surface area contributed by atoms with Gasteiger partial charge in [0, 0.05) is 0 Å². The molecule has 2 aromatic carbocycles. The third kappa shape index (κ3) is 7.48. The standard InChI is InChI=1S/C27H34N2O6S/c1-5-34-26(32)20(16-15-19-11-7-6-8-12-19)28-21-18-36(33)23-14-10-9-13-22(23)29(25(21)31)17-24(30)35-27(2,3)4/h6-14,20-21,28H,5,15-18H2,1-4H3/t20-,21?,36?/m1/s1. The van der Waals surface area contributed by atoms with Gasteiger partial charge in [-0.3, -0.25) is 28.8 Å². The molecule has 3 rings (SSSR count). The van der Waals surface area contributed by atoms with Gasteiger partial charge in [-0.1, -0.05) is 42.5 Å². The topological polar surface area (TPSA) is 102 Å². The number of aryl methyl sites for hydroxylation is 1. The molecular weight excluding hydrogens is 480 g/mol. The summed E-state index contributed by atoms with van der Waals surface area (Å²) >= 11 is 0. The molecule has 194 valence electrons. The number of amides is 1. The van der Waals surface area contributed by atoms with E-state index in [9.17, 15) is 18.6 Å². The molecule has 2 aromatic rings. The molecule has 9 heteroatoms. The maximum absolute atomic E-state index is 13.7. The largest absolute Gasteiger partial charge is 0.465 e. The Morgan fingerprint density at radius 1 is 1.11 bits per heavy atom. The van der Waals surface area contributed by atoms with E-state index >= 15 is 0 Å². The fourth-order valence-corrected chi connectivity index (χ4v) is 5.35. The van der Waals surface area contributed by atoms with Gasteiger partial charge in [0.1, 0.15) is 18.2 Å². The quantitative estimate of drug-likeness (QED) is 0.513. The number of ether oxygens (including phenoxy) is 2. The van der Waals surface area contributed by atoms with E-state index in [1.165, 1.54) is 4.90 Å². The van der Waals surface area contributed by atoms with Crippen LogP contribution >= 0.6 is 0 Å². The second kappa shape index (κ2) is 12.3. The number of anilines is 1. The van der Waals surface area contributed by atoms with Crippen molar-refractivity contribution in [3.8, 4) is 0 Å². The number of fused-ring (bicyclic) bond motifs is 1. The predicted octanol–water partition coefficient (Wildman–Crippen LogP) is 3.01. The van der Waals surface area contributed by atoms with E-state index in [0.717, 1.165) is 5.56 Å². The van der Waals surface area contributed by atoms with E-state index in [2.05, 4.69) is 5.32 Å². The average Bonchev–Trinajstić information content (AvgIpc) is 2.92. The molecule has 1 aliphatic rings. The maximum Gasteiger partial charge on any atom is 0.326 e. The summed E-state index contributed by atoms with van der Waals surface area (Å²) in [6.45, 7) is 6.83. The first-order valence-electron chi connectivity index (χ1n) is 12.1. The fourth-order valence-electron chi connectivity index (χ4n) is 3.99. The van der Waals surface area contributed by atoms with E-state index in [4.69, 9.17) is 9.47 Å². The van der Waals surface area contributed by atoms with E-state index in [0.29, 0.717) is 23.4 Å². The number of rotatable bonds is 9. The summed E-state index contributed by atoms with van der Waals surface area (Å²) in [5.41, 5.74) is 0.717. The molecule has 0 radical (unpaired) electrons. The van der Waals surface area contributed by atoms with E-state index < -0.39 is 46.3 Å². The van der Waals surface area contributed by atoms with Crippen LogP contribution in [0.4, 0.5) is 5.69 Å². The van der Waals surface area contributed by atoms with Crippen molar-refractivity contribution in [2.75, 3.05) is 23.8 Å². The van der Waals surface area contributed by atoms with Crippen molar-refractivity contribution in [3.63, 3.8) is 0 Å². The van der Waals surface area contributed by atoms with Gasteiger partial charge in [0.2, 0.25) is 5.91 Å². The lowest BCUT2D eigenvalue weighted by molar-refractivity contribution is -0.154. The number of esters is 2. The summed E-state index contributed by atoms with van der Waals surface area (Å²) in [7, 11) is -1.54. The van der Waals surface area contributed by atoms with Crippen molar-refractivity contribution < 1.29 is 28.1 Å². The second-order valence-corrected chi connectivity index (χ2v) is 11.0. The zero-order valence-electron chi connectivity index (χ0n) is 21.2. The van der Waals surface area contributed by atoms with Gasteiger partial charge in [-0.2, -0.15) is 0 Å². The van der Waals surface area contributed by atoms with Crippen LogP contribution in [0.15, 0.2) is 59.5 Å². The molecule has 1 N–H and O–H groups in total. The second-order valence-electron chi connectivity index (χ2n) is 9.54. The van der Waals surface area contributed by atoms with Crippen LogP contribution in [0.5, 0.6) is 0 Å². The summed E-state index contributed by atoms with van der Waals surface area (Å²) in [6.07, 6.45) is 0.974. The van der Waals surface area contributed by atoms with Crippen molar-refractivity contribution in [1.82, 2.24) is 5.32 Å². The van der Waals surface area contributed by atoms with Gasteiger partial charge >= 0.3 is 11.9 Å². The summed E-state index contributed by atoms with van der Waals surface area (Å²) in [6, 6.07) is 14.7. The van der Waals surface area contributed by atoms with Gasteiger partial charge < -0.3 is 9.47 Å². The first-order chi connectivity index (χ1) is 17.1. The molecule has 0 saturated heterocycles. The van der Waals surface area contributed by atoms with Gasteiger partial charge in [-0.25, -0.2) is 0 Å². The number of nitrogens with zero attached hydrogens (tertiary/aromatic N) is 1. The lowest BCUT2D eigenvalue weighted by Gasteiger charge is -2.28. The number of hydrogen-bond acceptors (Lipinski definition) is 7. The summed E-state index contributed by atoms with van der Waals surface area (Å²) < 4.78 is 23.9. The summed E-state index contributed by atoms with van der Waals surface area (Å²) in [5.74, 6) is -1.55. The third-order valence-corrected chi connectivity index (χ3v) is 7.00. The lowest BCUT2D eigenvalue weighted by Crippen LogP contribution is -2.55. The van der Waals surface area contributed by atoms with Crippen molar-refractivity contribution in [2.24, 2.45) is 0 Å². The molecule has 8 nitrogen and oxygen atoms in total. The number of benzene rings is 2. The van der Waals surface area contributed by atoms with Gasteiger partial charge in [0.15, 0.2) is 0 Å². The number of carbonyl (C=O) groups is 3. The van der Waals surface area contributed by atoms with E-state index in [1.807, 2.05) is 30.3 Å². The van der Waals surface area contributed by atoms with E-state index in [1.54, 1.807) is 52.0 Å². The number of nitrogens with one attached hydrogen (secondary N) is 1. The Morgan fingerprint density at radius 3 is 2.44 bits per heavy atom. The number of carbonyl (C=O) groups excluding carboxylic acids is 3. The molecule has 0 bridgehead atoms. The first-order valence-corrected chi connectivity index (χ1v) is 13.4. The van der Waals surface area contributed by atoms with Crippen molar-refractivity contribution in [2.45, 2.75) is 63.1 Å². The highest BCUT2D eigenvalue weighted by atomic mass is 32.2. The average molecular weight is 515 g/mol. The molecule has 0 fully saturated rings. The molecule has 1 aliphatic heterocycles. The van der Waals surface area contributed by atoms with Crippen molar-refractivity contribution >= 4 is 34.3 Å². The molecule has 0 aliphatic carbocycles.